The molecule has 1 aliphatic rings. The molecule has 1 aliphatic heterocycles. The molecule has 0 saturated heterocycles. The van der Waals surface area contributed by atoms with Crippen molar-refractivity contribution in [3.05, 3.63) is 53.2 Å². The molecule has 37 heavy (non-hydrogen) atoms. The van der Waals surface area contributed by atoms with Crippen LogP contribution >= 0.6 is 11.8 Å². The molecule has 11 heteroatoms. The van der Waals surface area contributed by atoms with E-state index >= 15 is 0 Å². The Hall–Kier alpha value is -3.86. The first kappa shape index (κ1) is 27.7. The average Bonchev–Trinajstić information content (AvgIpc) is 2.90. The maximum absolute atomic E-state index is 12.9. The molecule has 0 spiro atoms. The molecule has 0 unspecified atom stereocenters. The van der Waals surface area contributed by atoms with Gasteiger partial charge in [-0.05, 0) is 43.7 Å². The monoisotopic (exact) mass is 529 g/mol. The average molecular weight is 530 g/mol. The second kappa shape index (κ2) is 12.9. The van der Waals surface area contributed by atoms with Crippen LogP contribution in [-0.2, 0) is 14.3 Å². The van der Waals surface area contributed by atoms with Gasteiger partial charge < -0.3 is 34.3 Å². The highest BCUT2D eigenvalue weighted by Gasteiger charge is 2.32. The predicted octanol–water partition coefficient (Wildman–Crippen LogP) is 3.93. The predicted molar refractivity (Wildman–Crippen MR) is 143 cm³/mol. The van der Waals surface area contributed by atoms with Crippen molar-refractivity contribution in [3.63, 3.8) is 0 Å². The van der Waals surface area contributed by atoms with E-state index in [0.717, 1.165) is 0 Å². The largest absolute Gasteiger partial charge is 0.497 e. The van der Waals surface area contributed by atoms with Crippen LogP contribution in [-0.4, -0.2) is 57.8 Å². The summed E-state index contributed by atoms with van der Waals surface area (Å²) in [4.78, 5) is 30.2. The third-order valence-electron chi connectivity index (χ3n) is 5.41. The van der Waals surface area contributed by atoms with E-state index in [1.165, 1.54) is 33.1 Å². The van der Waals surface area contributed by atoms with Crippen LogP contribution in [0.3, 0.4) is 0 Å². The van der Waals surface area contributed by atoms with Crippen LogP contribution in [0.1, 0.15) is 25.5 Å². The molecule has 2 aromatic rings. The lowest BCUT2D eigenvalue weighted by Gasteiger charge is -2.26. The van der Waals surface area contributed by atoms with E-state index < -0.39 is 12.0 Å². The van der Waals surface area contributed by atoms with Crippen molar-refractivity contribution in [2.45, 2.75) is 19.9 Å². The Morgan fingerprint density at radius 2 is 1.73 bits per heavy atom. The van der Waals surface area contributed by atoms with Crippen molar-refractivity contribution in [3.8, 4) is 23.0 Å². The van der Waals surface area contributed by atoms with Gasteiger partial charge >= 0.3 is 5.97 Å². The van der Waals surface area contributed by atoms with Gasteiger partial charge in [0.2, 0.25) is 11.7 Å². The van der Waals surface area contributed by atoms with E-state index in [9.17, 15) is 9.59 Å². The maximum atomic E-state index is 12.9. The van der Waals surface area contributed by atoms with E-state index in [4.69, 9.17) is 28.7 Å². The van der Waals surface area contributed by atoms with Crippen molar-refractivity contribution in [1.29, 1.82) is 0 Å². The molecule has 1 atom stereocenters. The Bertz CT molecular complexity index is 1190. The number of hydrogen-bond acceptors (Lipinski definition) is 10. The highest BCUT2D eigenvalue weighted by atomic mass is 32.2. The van der Waals surface area contributed by atoms with Gasteiger partial charge in [-0.25, -0.2) is 9.79 Å². The molecule has 1 amide bonds. The zero-order valence-electron chi connectivity index (χ0n) is 21.7. The fourth-order valence-corrected chi connectivity index (χ4v) is 4.47. The highest BCUT2D eigenvalue weighted by Crippen LogP contribution is 2.43. The molecule has 0 bridgehead atoms. The molecular weight excluding hydrogens is 498 g/mol. The van der Waals surface area contributed by atoms with E-state index in [-0.39, 0.29) is 18.3 Å². The van der Waals surface area contributed by atoms with Crippen molar-refractivity contribution in [2.75, 3.05) is 46.1 Å². The number of carbonyl (C=O) groups is 2. The first-order chi connectivity index (χ1) is 17.8. The Kier molecular flexibility index (Phi) is 9.67. The molecule has 3 rings (SSSR count). The number of esters is 1. The summed E-state index contributed by atoms with van der Waals surface area (Å²) >= 11 is 1.21. The molecule has 0 aromatic heterocycles. The molecule has 198 valence electrons. The molecule has 1 heterocycles. The number of amidine groups is 1. The van der Waals surface area contributed by atoms with Gasteiger partial charge in [0, 0.05) is 17.5 Å². The molecule has 0 saturated carbocycles. The van der Waals surface area contributed by atoms with E-state index in [1.54, 1.807) is 57.4 Å². The number of nitrogens with one attached hydrogen (secondary N) is 2. The molecule has 10 nitrogen and oxygen atoms in total. The fourth-order valence-electron chi connectivity index (χ4n) is 3.73. The van der Waals surface area contributed by atoms with Crippen LogP contribution in [0.15, 0.2) is 52.7 Å². The van der Waals surface area contributed by atoms with Crippen LogP contribution in [0.25, 0.3) is 0 Å². The molecular formula is C26H31N3O7S. The van der Waals surface area contributed by atoms with Gasteiger partial charge in [-0.2, -0.15) is 0 Å². The van der Waals surface area contributed by atoms with Crippen molar-refractivity contribution in [1.82, 2.24) is 5.32 Å². The summed E-state index contributed by atoms with van der Waals surface area (Å²) in [7, 11) is 6.11. The lowest BCUT2D eigenvalue weighted by molar-refractivity contribution is -0.139. The minimum atomic E-state index is -0.724. The molecule has 0 aliphatic carbocycles. The van der Waals surface area contributed by atoms with Crippen LogP contribution in [0.2, 0.25) is 0 Å². The van der Waals surface area contributed by atoms with Gasteiger partial charge in [-0.1, -0.05) is 17.8 Å². The lowest BCUT2D eigenvalue weighted by Crippen LogP contribution is -2.31. The third kappa shape index (κ3) is 6.67. The summed E-state index contributed by atoms with van der Waals surface area (Å²) < 4.78 is 26.9. The quantitative estimate of drug-likeness (QED) is 0.442. The molecule has 2 N–H and O–H groups in total. The summed E-state index contributed by atoms with van der Waals surface area (Å²) in [5.41, 5.74) is 2.18. The zero-order valence-corrected chi connectivity index (χ0v) is 22.5. The van der Waals surface area contributed by atoms with Crippen molar-refractivity contribution < 1.29 is 33.3 Å². The molecule has 2 aromatic carbocycles. The number of anilines is 1. The minimum absolute atomic E-state index is 0.0903. The van der Waals surface area contributed by atoms with Crippen molar-refractivity contribution in [2.24, 2.45) is 4.99 Å². The number of ether oxygens (including phenoxy) is 5. The van der Waals surface area contributed by atoms with E-state index in [0.29, 0.717) is 50.7 Å². The Morgan fingerprint density at radius 1 is 1.03 bits per heavy atom. The number of hydrogen-bond donors (Lipinski definition) is 2. The maximum Gasteiger partial charge on any atom is 0.338 e. The normalized spacial score (nSPS) is 14.8. The van der Waals surface area contributed by atoms with Gasteiger partial charge in [-0.15, -0.1) is 0 Å². The lowest BCUT2D eigenvalue weighted by atomic mass is 9.96. The highest BCUT2D eigenvalue weighted by molar-refractivity contribution is 8.14. The zero-order chi connectivity index (χ0) is 26.9. The molecule has 0 radical (unpaired) electrons. The first-order valence-corrected chi connectivity index (χ1v) is 12.4. The van der Waals surface area contributed by atoms with Gasteiger partial charge in [-0.3, -0.25) is 4.79 Å². The van der Waals surface area contributed by atoms with Gasteiger partial charge in [0.05, 0.1) is 46.4 Å². The Morgan fingerprint density at radius 3 is 2.32 bits per heavy atom. The van der Waals surface area contributed by atoms with Gasteiger partial charge in [0.1, 0.15) is 11.8 Å². The number of amides is 1. The van der Waals surface area contributed by atoms with Crippen LogP contribution < -0.4 is 29.6 Å². The SMILES string of the molecule is CCOC(=O)C1=C(C)NC(SCC(=O)Nc2cccc(OC)c2)=N[C@@H]1c1cc(OC)c(OC)c(OC)c1. The number of nitrogens with zero attached hydrogens (tertiary/aromatic N) is 1. The summed E-state index contributed by atoms with van der Waals surface area (Å²) in [6, 6.07) is 9.86. The van der Waals surface area contributed by atoms with Crippen molar-refractivity contribution >= 4 is 34.5 Å². The van der Waals surface area contributed by atoms with Crippen LogP contribution in [0.5, 0.6) is 23.0 Å². The van der Waals surface area contributed by atoms with Crippen LogP contribution in [0, 0.1) is 0 Å². The van der Waals surface area contributed by atoms with E-state index in [2.05, 4.69) is 10.6 Å². The smallest absolute Gasteiger partial charge is 0.338 e. The van der Waals surface area contributed by atoms with E-state index in [1.807, 2.05) is 0 Å². The van der Waals surface area contributed by atoms with Gasteiger partial charge in [0.15, 0.2) is 16.7 Å². The number of allylic oxidation sites excluding steroid dienone is 1. The summed E-state index contributed by atoms with van der Waals surface area (Å²) in [6.07, 6.45) is 0. The number of benzene rings is 2. The summed E-state index contributed by atoms with van der Waals surface area (Å²) in [5, 5.41) is 6.45. The number of rotatable bonds is 10. The summed E-state index contributed by atoms with van der Waals surface area (Å²) in [5.74, 6) is 1.31. The summed E-state index contributed by atoms with van der Waals surface area (Å²) in [6.45, 7) is 3.72. The minimum Gasteiger partial charge on any atom is -0.497 e. The fraction of sp³-hybridized carbons (Fsp3) is 0.346. The second-order valence-corrected chi connectivity index (χ2v) is 8.71. The Balaban J connectivity index is 1.89. The number of thioether (sulfide) groups is 1. The molecule has 0 fully saturated rings. The standard InChI is InChI=1S/C26H31N3O7S/c1-7-36-25(31)22-15(2)27-26(37-14-21(30)28-17-9-8-10-18(13-17)32-3)29-23(22)16-11-19(33-4)24(35-6)20(12-16)34-5/h8-13,23H,7,14H2,1-6H3,(H,27,29)(H,28,30)/t23-/m1/s1. The first-order valence-electron chi connectivity index (χ1n) is 11.4. The second-order valence-electron chi connectivity index (χ2n) is 7.75. The number of aliphatic imine (C=N–C) groups is 1. The van der Waals surface area contributed by atoms with Crippen LogP contribution in [0.4, 0.5) is 5.69 Å². The Labute approximate surface area is 220 Å². The van der Waals surface area contributed by atoms with Gasteiger partial charge in [0.25, 0.3) is 0 Å². The third-order valence-corrected chi connectivity index (χ3v) is 6.30. The topological polar surface area (TPSA) is 117 Å². The number of methoxy groups -OCH3 is 4. The number of carbonyl (C=O) groups excluding carboxylic acids is 2.